The van der Waals surface area contributed by atoms with E-state index in [2.05, 4.69) is 15.9 Å². The Morgan fingerprint density at radius 3 is 2.63 bits per heavy atom. The third kappa shape index (κ3) is 3.26. The third-order valence-electron chi connectivity index (χ3n) is 3.53. The van der Waals surface area contributed by atoms with E-state index in [1.165, 1.54) is 0 Å². The van der Waals surface area contributed by atoms with Crippen molar-refractivity contribution in [2.24, 2.45) is 5.73 Å². The zero-order valence-corrected chi connectivity index (χ0v) is 12.6. The predicted octanol–water partition coefficient (Wildman–Crippen LogP) is 3.88. The van der Waals surface area contributed by atoms with E-state index in [1.807, 2.05) is 19.9 Å². The number of rotatable bonds is 4. The van der Waals surface area contributed by atoms with Gasteiger partial charge in [-0.1, -0.05) is 6.07 Å². The summed E-state index contributed by atoms with van der Waals surface area (Å²) in [7, 11) is 0. The first-order chi connectivity index (χ1) is 8.74. The monoisotopic (exact) mass is 329 g/mol. The number of carbonyl (C=O) groups excluding carboxylic acids is 1. The molecular formula is C14H17BrFNO2. The molecule has 2 rings (SSSR count). The van der Waals surface area contributed by atoms with Crippen LogP contribution in [0.5, 0.6) is 0 Å². The minimum atomic E-state index is -0.775. The van der Waals surface area contributed by atoms with E-state index >= 15 is 0 Å². The van der Waals surface area contributed by atoms with Gasteiger partial charge in [0, 0.05) is 0 Å². The first-order valence-electron chi connectivity index (χ1n) is 6.18. The molecule has 19 heavy (non-hydrogen) atoms. The number of benzene rings is 1. The van der Waals surface area contributed by atoms with E-state index in [9.17, 15) is 9.18 Å². The van der Waals surface area contributed by atoms with E-state index in [-0.39, 0.29) is 11.2 Å². The van der Waals surface area contributed by atoms with Crippen LogP contribution in [0.25, 0.3) is 0 Å². The van der Waals surface area contributed by atoms with Crippen LogP contribution in [0.1, 0.15) is 38.7 Å². The van der Waals surface area contributed by atoms with E-state index in [0.29, 0.717) is 10.9 Å². The van der Waals surface area contributed by atoms with E-state index < -0.39 is 11.7 Å². The van der Waals surface area contributed by atoms with Crippen LogP contribution in [0.2, 0.25) is 0 Å². The fourth-order valence-corrected chi connectivity index (χ4v) is 2.91. The first-order valence-corrected chi connectivity index (χ1v) is 6.97. The third-order valence-corrected chi connectivity index (χ3v) is 4.17. The van der Waals surface area contributed by atoms with Gasteiger partial charge in [0.15, 0.2) is 0 Å². The van der Waals surface area contributed by atoms with Gasteiger partial charge in [0.25, 0.3) is 0 Å². The average Bonchev–Trinajstić information content (AvgIpc) is 3.00. The summed E-state index contributed by atoms with van der Waals surface area (Å²) in [6, 6.07) is 5.19. The molecule has 0 bridgehead atoms. The molecule has 104 valence electrons. The van der Waals surface area contributed by atoms with Gasteiger partial charge in [-0.3, -0.25) is 0 Å². The molecule has 1 aromatic carbocycles. The number of ether oxygens (including phenoxy) is 1. The summed E-state index contributed by atoms with van der Waals surface area (Å²) in [6.07, 6.45) is 1.81. The van der Waals surface area contributed by atoms with Crippen LogP contribution in [-0.2, 0) is 10.2 Å². The van der Waals surface area contributed by atoms with Gasteiger partial charge >= 0.3 is 6.09 Å². The molecule has 1 saturated carbocycles. The molecule has 1 fully saturated rings. The summed E-state index contributed by atoms with van der Waals surface area (Å²) in [5.41, 5.74) is 5.28. The Balaban J connectivity index is 2.19. The Labute approximate surface area is 120 Å². The summed E-state index contributed by atoms with van der Waals surface area (Å²) >= 11 is 3.15. The molecule has 0 radical (unpaired) electrons. The van der Waals surface area contributed by atoms with Crippen molar-refractivity contribution in [1.29, 1.82) is 0 Å². The fourth-order valence-electron chi connectivity index (χ4n) is 2.67. The number of hydrogen-bond acceptors (Lipinski definition) is 2. The van der Waals surface area contributed by atoms with Crippen LogP contribution in [0.4, 0.5) is 9.18 Å². The second kappa shape index (κ2) is 4.78. The van der Waals surface area contributed by atoms with Gasteiger partial charge in [0.05, 0.1) is 4.47 Å². The van der Waals surface area contributed by atoms with Crippen LogP contribution >= 0.6 is 15.9 Å². The molecule has 1 aliphatic carbocycles. The minimum absolute atomic E-state index is 0.0967. The summed E-state index contributed by atoms with van der Waals surface area (Å²) < 4.78 is 19.2. The fraction of sp³-hybridized carbons (Fsp3) is 0.500. The van der Waals surface area contributed by atoms with Crippen molar-refractivity contribution in [2.45, 2.75) is 44.1 Å². The number of amides is 1. The maximum Gasteiger partial charge on any atom is 0.405 e. The minimum Gasteiger partial charge on any atom is -0.444 e. The lowest BCUT2D eigenvalue weighted by Crippen LogP contribution is -2.34. The van der Waals surface area contributed by atoms with Gasteiger partial charge in [0.1, 0.15) is 11.4 Å². The van der Waals surface area contributed by atoms with Crippen molar-refractivity contribution >= 4 is 22.0 Å². The number of hydrogen-bond donors (Lipinski definition) is 1. The summed E-state index contributed by atoms with van der Waals surface area (Å²) in [5, 5.41) is 0. The topological polar surface area (TPSA) is 52.3 Å². The summed E-state index contributed by atoms with van der Waals surface area (Å²) in [4.78, 5) is 10.9. The van der Waals surface area contributed by atoms with Crippen LogP contribution in [0.15, 0.2) is 22.7 Å². The maximum atomic E-state index is 13.6. The Hall–Kier alpha value is -1.10. The smallest absolute Gasteiger partial charge is 0.405 e. The lowest BCUT2D eigenvalue weighted by molar-refractivity contribution is 0.0312. The Bertz CT molecular complexity index is 512. The first kappa shape index (κ1) is 14.3. The van der Waals surface area contributed by atoms with Crippen molar-refractivity contribution in [3.63, 3.8) is 0 Å². The van der Waals surface area contributed by atoms with Crippen molar-refractivity contribution in [2.75, 3.05) is 0 Å². The normalized spacial score (nSPS) is 17.1. The van der Waals surface area contributed by atoms with Gasteiger partial charge in [-0.2, -0.15) is 0 Å². The number of primary amides is 1. The second-order valence-electron chi connectivity index (χ2n) is 5.77. The van der Waals surface area contributed by atoms with E-state index in [1.54, 1.807) is 12.1 Å². The molecule has 0 heterocycles. The van der Waals surface area contributed by atoms with Gasteiger partial charge < -0.3 is 10.5 Å². The van der Waals surface area contributed by atoms with Gasteiger partial charge in [-0.05, 0) is 72.2 Å². The van der Waals surface area contributed by atoms with Gasteiger partial charge in [0.2, 0.25) is 0 Å². The maximum absolute atomic E-state index is 13.6. The molecule has 1 amide bonds. The zero-order valence-electron chi connectivity index (χ0n) is 11.0. The Morgan fingerprint density at radius 1 is 1.53 bits per heavy atom. The van der Waals surface area contributed by atoms with Crippen molar-refractivity contribution in [1.82, 2.24) is 0 Å². The van der Waals surface area contributed by atoms with Crippen molar-refractivity contribution < 1.29 is 13.9 Å². The lowest BCUT2D eigenvalue weighted by atomic mass is 9.85. The van der Waals surface area contributed by atoms with Crippen LogP contribution in [0.3, 0.4) is 0 Å². The predicted molar refractivity (Wildman–Crippen MR) is 74.4 cm³/mol. The lowest BCUT2D eigenvalue weighted by Gasteiger charge is -2.29. The molecule has 2 N–H and O–H groups in total. The molecule has 0 aromatic heterocycles. The molecule has 0 atom stereocenters. The molecule has 0 unspecified atom stereocenters. The summed E-state index contributed by atoms with van der Waals surface area (Å²) in [6.45, 7) is 3.65. The van der Waals surface area contributed by atoms with Crippen molar-refractivity contribution in [3.05, 3.63) is 34.1 Å². The molecule has 0 aliphatic heterocycles. The van der Waals surface area contributed by atoms with Gasteiger partial charge in [-0.25, -0.2) is 9.18 Å². The highest BCUT2D eigenvalue weighted by atomic mass is 79.9. The summed E-state index contributed by atoms with van der Waals surface area (Å²) in [5.74, 6) is -0.266. The largest absolute Gasteiger partial charge is 0.444 e. The average molecular weight is 330 g/mol. The van der Waals surface area contributed by atoms with Crippen LogP contribution in [-0.4, -0.2) is 11.7 Å². The molecule has 1 aromatic rings. The molecular weight excluding hydrogens is 313 g/mol. The molecule has 0 saturated heterocycles. The quantitative estimate of drug-likeness (QED) is 0.911. The molecule has 1 aliphatic rings. The SMILES string of the molecule is CC(C)(CC1(c2ccc(Br)c(F)c2)CC1)OC(N)=O. The Kier molecular flexibility index (Phi) is 3.60. The van der Waals surface area contributed by atoms with E-state index in [0.717, 1.165) is 18.4 Å². The highest BCUT2D eigenvalue weighted by Gasteiger charge is 2.48. The Morgan fingerprint density at radius 2 is 2.16 bits per heavy atom. The second-order valence-corrected chi connectivity index (χ2v) is 6.62. The molecule has 5 heteroatoms. The number of nitrogens with two attached hydrogens (primary N) is 1. The zero-order chi connectivity index (χ0) is 14.3. The van der Waals surface area contributed by atoms with Crippen molar-refractivity contribution in [3.8, 4) is 0 Å². The molecule has 0 spiro atoms. The highest BCUT2D eigenvalue weighted by Crippen LogP contribution is 2.54. The van der Waals surface area contributed by atoms with Crippen LogP contribution in [0, 0.1) is 5.82 Å². The number of carbonyl (C=O) groups is 1. The molecule has 3 nitrogen and oxygen atoms in total. The van der Waals surface area contributed by atoms with Crippen LogP contribution < -0.4 is 5.73 Å². The van der Waals surface area contributed by atoms with E-state index in [4.69, 9.17) is 10.5 Å². The number of halogens is 2. The standard InChI is InChI=1S/C14H17BrFNO2/c1-13(2,19-12(17)18)8-14(5-6-14)9-3-4-10(15)11(16)7-9/h3-4,7H,5-6,8H2,1-2H3,(H2,17,18). The van der Waals surface area contributed by atoms with Gasteiger partial charge in [-0.15, -0.1) is 0 Å². The highest BCUT2D eigenvalue weighted by molar-refractivity contribution is 9.10.